The highest BCUT2D eigenvalue weighted by atomic mass is 15.1. The lowest BCUT2D eigenvalue weighted by atomic mass is 9.97. The van der Waals surface area contributed by atoms with Crippen molar-refractivity contribution in [2.24, 2.45) is 11.8 Å². The van der Waals surface area contributed by atoms with E-state index in [1.54, 1.807) is 0 Å². The predicted molar refractivity (Wildman–Crippen MR) is 76.4 cm³/mol. The maximum atomic E-state index is 3.54. The van der Waals surface area contributed by atoms with Crippen LogP contribution >= 0.6 is 0 Å². The van der Waals surface area contributed by atoms with E-state index in [0.717, 1.165) is 11.8 Å². The van der Waals surface area contributed by atoms with Crippen molar-refractivity contribution in [2.75, 3.05) is 32.7 Å². The average molecular weight is 240 g/mol. The molecule has 0 spiro atoms. The van der Waals surface area contributed by atoms with E-state index in [2.05, 4.69) is 31.0 Å². The highest BCUT2D eigenvalue weighted by Gasteiger charge is 2.18. The van der Waals surface area contributed by atoms with Gasteiger partial charge in [0.05, 0.1) is 0 Å². The highest BCUT2D eigenvalue weighted by molar-refractivity contribution is 4.74. The molecule has 1 unspecified atom stereocenters. The lowest BCUT2D eigenvalue weighted by molar-refractivity contribution is 0.178. The lowest BCUT2D eigenvalue weighted by Crippen LogP contribution is -2.40. The fourth-order valence-electron chi connectivity index (χ4n) is 2.93. The van der Waals surface area contributed by atoms with E-state index in [9.17, 15) is 0 Å². The molecule has 1 fully saturated rings. The number of rotatable bonds is 8. The normalized spacial score (nSPS) is 21.4. The Hall–Kier alpha value is -0.0800. The summed E-state index contributed by atoms with van der Waals surface area (Å²) in [7, 11) is 0. The first kappa shape index (κ1) is 15.0. The summed E-state index contributed by atoms with van der Waals surface area (Å²) in [6.07, 6.45) is 6.76. The molecule has 1 aliphatic heterocycles. The van der Waals surface area contributed by atoms with Crippen LogP contribution in [0.5, 0.6) is 0 Å². The van der Waals surface area contributed by atoms with Crippen molar-refractivity contribution in [3.8, 4) is 0 Å². The standard InChI is InChI=1S/C15H32N2/c1-4-10-17(12-14(5-2)6-3)13-15-8-7-9-16-11-15/h14-16H,4-13H2,1-3H3. The third-order valence-corrected chi connectivity index (χ3v) is 4.13. The van der Waals surface area contributed by atoms with Crippen LogP contribution < -0.4 is 5.32 Å². The predicted octanol–water partition coefficient (Wildman–Crippen LogP) is 3.13. The smallest absolute Gasteiger partial charge is 0.00219 e. The first-order valence-electron chi connectivity index (χ1n) is 7.73. The zero-order chi connectivity index (χ0) is 12.5. The van der Waals surface area contributed by atoms with Gasteiger partial charge in [-0.3, -0.25) is 0 Å². The zero-order valence-corrected chi connectivity index (χ0v) is 12.2. The molecular formula is C15H32N2. The van der Waals surface area contributed by atoms with Crippen LogP contribution in [-0.4, -0.2) is 37.6 Å². The largest absolute Gasteiger partial charge is 0.316 e. The number of nitrogens with one attached hydrogen (secondary N) is 1. The summed E-state index contributed by atoms with van der Waals surface area (Å²) < 4.78 is 0. The molecule has 1 rings (SSSR count). The third-order valence-electron chi connectivity index (χ3n) is 4.13. The molecule has 17 heavy (non-hydrogen) atoms. The van der Waals surface area contributed by atoms with E-state index >= 15 is 0 Å². The molecule has 0 aromatic rings. The van der Waals surface area contributed by atoms with Crippen LogP contribution in [0.25, 0.3) is 0 Å². The number of hydrogen-bond acceptors (Lipinski definition) is 2. The quantitative estimate of drug-likeness (QED) is 0.701. The van der Waals surface area contributed by atoms with Gasteiger partial charge in [-0.2, -0.15) is 0 Å². The van der Waals surface area contributed by atoms with Gasteiger partial charge in [0.25, 0.3) is 0 Å². The molecule has 1 saturated heterocycles. The summed E-state index contributed by atoms with van der Waals surface area (Å²) in [6, 6.07) is 0. The number of piperidine rings is 1. The maximum Gasteiger partial charge on any atom is 0.00219 e. The SMILES string of the molecule is CCCN(CC(CC)CC)CC1CCCNC1. The van der Waals surface area contributed by atoms with Gasteiger partial charge >= 0.3 is 0 Å². The van der Waals surface area contributed by atoms with Crippen LogP contribution in [0.2, 0.25) is 0 Å². The van der Waals surface area contributed by atoms with E-state index in [0.29, 0.717) is 0 Å². The molecule has 0 aromatic heterocycles. The van der Waals surface area contributed by atoms with Crippen molar-refractivity contribution in [1.29, 1.82) is 0 Å². The van der Waals surface area contributed by atoms with Crippen LogP contribution in [0.15, 0.2) is 0 Å². The van der Waals surface area contributed by atoms with Gasteiger partial charge < -0.3 is 10.2 Å². The minimum absolute atomic E-state index is 0.893. The van der Waals surface area contributed by atoms with Crippen molar-refractivity contribution in [3.63, 3.8) is 0 Å². The van der Waals surface area contributed by atoms with Gasteiger partial charge in [0.2, 0.25) is 0 Å². The molecule has 0 saturated carbocycles. The second-order valence-electron chi connectivity index (χ2n) is 5.65. The van der Waals surface area contributed by atoms with Gasteiger partial charge in [-0.1, -0.05) is 33.6 Å². The van der Waals surface area contributed by atoms with Crippen molar-refractivity contribution >= 4 is 0 Å². The van der Waals surface area contributed by atoms with E-state index < -0.39 is 0 Å². The molecule has 1 heterocycles. The van der Waals surface area contributed by atoms with Gasteiger partial charge in [-0.15, -0.1) is 0 Å². The van der Waals surface area contributed by atoms with Gasteiger partial charge in [-0.05, 0) is 50.7 Å². The molecule has 0 aromatic carbocycles. The van der Waals surface area contributed by atoms with Crippen molar-refractivity contribution in [2.45, 2.75) is 52.9 Å². The minimum Gasteiger partial charge on any atom is -0.316 e. The Labute approximate surface area is 108 Å². The Morgan fingerprint density at radius 1 is 1.24 bits per heavy atom. The first-order valence-corrected chi connectivity index (χ1v) is 7.73. The summed E-state index contributed by atoms with van der Waals surface area (Å²) >= 11 is 0. The van der Waals surface area contributed by atoms with E-state index in [4.69, 9.17) is 0 Å². The van der Waals surface area contributed by atoms with Crippen molar-refractivity contribution < 1.29 is 0 Å². The summed E-state index contributed by atoms with van der Waals surface area (Å²) in [5.41, 5.74) is 0. The molecular weight excluding hydrogens is 208 g/mol. The van der Waals surface area contributed by atoms with Crippen LogP contribution in [0.1, 0.15) is 52.9 Å². The molecule has 0 radical (unpaired) electrons. The van der Waals surface area contributed by atoms with E-state index in [1.807, 2.05) is 0 Å². The second kappa shape index (κ2) is 8.93. The summed E-state index contributed by atoms with van der Waals surface area (Å²) in [5.74, 6) is 1.79. The van der Waals surface area contributed by atoms with Gasteiger partial charge in [0, 0.05) is 13.1 Å². The number of nitrogens with zero attached hydrogens (tertiary/aromatic N) is 1. The summed E-state index contributed by atoms with van der Waals surface area (Å²) in [4.78, 5) is 2.72. The van der Waals surface area contributed by atoms with Crippen LogP contribution in [-0.2, 0) is 0 Å². The molecule has 1 atom stereocenters. The fraction of sp³-hybridized carbons (Fsp3) is 1.00. The fourth-order valence-corrected chi connectivity index (χ4v) is 2.93. The Kier molecular flexibility index (Phi) is 7.87. The van der Waals surface area contributed by atoms with Crippen LogP contribution in [0.4, 0.5) is 0 Å². The molecule has 0 bridgehead atoms. The second-order valence-corrected chi connectivity index (χ2v) is 5.65. The Bertz CT molecular complexity index is 172. The Morgan fingerprint density at radius 2 is 2.00 bits per heavy atom. The first-order chi connectivity index (χ1) is 8.30. The molecule has 0 amide bonds. The van der Waals surface area contributed by atoms with E-state index in [-0.39, 0.29) is 0 Å². The molecule has 1 N–H and O–H groups in total. The van der Waals surface area contributed by atoms with Gasteiger partial charge in [0.15, 0.2) is 0 Å². The number of hydrogen-bond donors (Lipinski definition) is 1. The van der Waals surface area contributed by atoms with Crippen molar-refractivity contribution in [3.05, 3.63) is 0 Å². The summed E-state index contributed by atoms with van der Waals surface area (Å²) in [6.45, 7) is 13.4. The Balaban J connectivity index is 2.35. The minimum atomic E-state index is 0.893. The topological polar surface area (TPSA) is 15.3 Å². The highest BCUT2D eigenvalue weighted by Crippen LogP contribution is 2.15. The molecule has 0 aliphatic carbocycles. The average Bonchev–Trinajstić information content (AvgIpc) is 2.37. The summed E-state index contributed by atoms with van der Waals surface area (Å²) in [5, 5.41) is 3.54. The maximum absolute atomic E-state index is 3.54. The van der Waals surface area contributed by atoms with Crippen molar-refractivity contribution in [1.82, 2.24) is 10.2 Å². The molecule has 102 valence electrons. The Morgan fingerprint density at radius 3 is 2.53 bits per heavy atom. The van der Waals surface area contributed by atoms with Crippen LogP contribution in [0, 0.1) is 11.8 Å². The lowest BCUT2D eigenvalue weighted by Gasteiger charge is -2.32. The zero-order valence-electron chi connectivity index (χ0n) is 12.2. The van der Waals surface area contributed by atoms with Gasteiger partial charge in [-0.25, -0.2) is 0 Å². The molecule has 2 nitrogen and oxygen atoms in total. The monoisotopic (exact) mass is 240 g/mol. The molecule has 1 aliphatic rings. The van der Waals surface area contributed by atoms with Gasteiger partial charge in [0.1, 0.15) is 0 Å². The van der Waals surface area contributed by atoms with Crippen LogP contribution in [0.3, 0.4) is 0 Å². The van der Waals surface area contributed by atoms with E-state index in [1.165, 1.54) is 64.8 Å². The third kappa shape index (κ3) is 5.87. The molecule has 2 heteroatoms.